The molecule has 106 valence electrons. The van der Waals surface area contributed by atoms with Gasteiger partial charge in [-0.15, -0.1) is 0 Å². The Morgan fingerprint density at radius 1 is 1.14 bits per heavy atom. The molecule has 0 bridgehead atoms. The smallest absolute Gasteiger partial charge is 0.218 e. The van der Waals surface area contributed by atoms with Crippen LogP contribution in [0, 0.1) is 0 Å². The van der Waals surface area contributed by atoms with Crippen LogP contribution in [0.1, 0.15) is 5.56 Å². The lowest BCUT2D eigenvalue weighted by molar-refractivity contribution is 0.391. The molecule has 2 heterocycles. The van der Waals surface area contributed by atoms with E-state index in [1.807, 2.05) is 47.2 Å². The molecule has 0 saturated carbocycles. The monoisotopic (exact) mass is 280 g/mol. The zero-order chi connectivity index (χ0) is 14.7. The molecule has 0 atom stereocenters. The molecule has 5 nitrogen and oxygen atoms in total. The van der Waals surface area contributed by atoms with Gasteiger partial charge in [-0.1, -0.05) is 18.2 Å². The second kappa shape index (κ2) is 5.66. The Balaban J connectivity index is 1.96. The number of nitrogens with zero attached hydrogens (tertiary/aromatic N) is 3. The van der Waals surface area contributed by atoms with Crippen molar-refractivity contribution in [3.8, 4) is 17.3 Å². The first-order valence-corrected chi connectivity index (χ1v) is 6.63. The topological polar surface area (TPSA) is 66.0 Å². The van der Waals surface area contributed by atoms with Gasteiger partial charge in [-0.05, 0) is 18.2 Å². The highest BCUT2D eigenvalue weighted by Gasteiger charge is 2.09. The lowest BCUT2D eigenvalue weighted by atomic mass is 10.2. The van der Waals surface area contributed by atoms with Gasteiger partial charge in [0, 0.05) is 35.4 Å². The first kappa shape index (κ1) is 13.2. The number of benzene rings is 1. The lowest BCUT2D eigenvalue weighted by Crippen LogP contribution is -2.04. The van der Waals surface area contributed by atoms with Gasteiger partial charge >= 0.3 is 0 Å². The van der Waals surface area contributed by atoms with Crippen LogP contribution in [0.15, 0.2) is 55.0 Å². The van der Waals surface area contributed by atoms with Gasteiger partial charge in [0.2, 0.25) is 5.88 Å². The third-order valence-electron chi connectivity index (χ3n) is 3.24. The van der Waals surface area contributed by atoms with E-state index in [-0.39, 0.29) is 0 Å². The van der Waals surface area contributed by atoms with Crippen molar-refractivity contribution in [1.29, 1.82) is 0 Å². The molecule has 0 amide bonds. The maximum Gasteiger partial charge on any atom is 0.218 e. The van der Waals surface area contributed by atoms with Crippen LogP contribution in [0.25, 0.3) is 11.4 Å². The molecular weight excluding hydrogens is 264 g/mol. The number of hydrogen-bond donors (Lipinski definition) is 1. The zero-order valence-electron chi connectivity index (χ0n) is 11.7. The van der Waals surface area contributed by atoms with E-state index in [1.165, 1.54) is 0 Å². The van der Waals surface area contributed by atoms with E-state index < -0.39 is 0 Å². The molecule has 21 heavy (non-hydrogen) atoms. The molecule has 0 saturated heterocycles. The number of aromatic nitrogens is 3. The maximum absolute atomic E-state index is 5.85. The van der Waals surface area contributed by atoms with E-state index in [0.717, 1.165) is 22.6 Å². The highest BCUT2D eigenvalue weighted by molar-refractivity contribution is 5.61. The van der Waals surface area contributed by atoms with Crippen LogP contribution in [0.5, 0.6) is 5.88 Å². The third-order valence-corrected chi connectivity index (χ3v) is 3.24. The second-order valence-corrected chi connectivity index (χ2v) is 4.68. The average Bonchev–Trinajstić information content (AvgIpc) is 2.96. The molecule has 0 aliphatic heterocycles. The third kappa shape index (κ3) is 2.72. The van der Waals surface area contributed by atoms with Gasteiger partial charge in [-0.25, -0.2) is 9.97 Å². The van der Waals surface area contributed by atoms with Crippen LogP contribution in [0.3, 0.4) is 0 Å². The molecule has 0 radical (unpaired) electrons. The Hall–Kier alpha value is -2.82. The Morgan fingerprint density at radius 3 is 2.86 bits per heavy atom. The van der Waals surface area contributed by atoms with E-state index in [0.29, 0.717) is 12.4 Å². The first-order valence-electron chi connectivity index (χ1n) is 6.63. The van der Waals surface area contributed by atoms with Gasteiger partial charge in [-0.3, -0.25) is 0 Å². The molecular formula is C16H16N4O. The highest BCUT2D eigenvalue weighted by Crippen LogP contribution is 2.22. The van der Waals surface area contributed by atoms with E-state index in [2.05, 4.69) is 9.97 Å². The molecule has 3 aromatic rings. The summed E-state index contributed by atoms with van der Waals surface area (Å²) in [5, 5.41) is 0. The van der Waals surface area contributed by atoms with Crippen molar-refractivity contribution in [2.75, 3.05) is 12.8 Å². The SMILES string of the molecule is COc1ncccc1Cn1ccnc1-c1cccc(N)c1. The van der Waals surface area contributed by atoms with Crippen molar-refractivity contribution in [2.45, 2.75) is 6.54 Å². The van der Waals surface area contributed by atoms with Crippen LogP contribution in [-0.4, -0.2) is 21.6 Å². The highest BCUT2D eigenvalue weighted by atomic mass is 16.5. The Kier molecular flexibility index (Phi) is 3.55. The summed E-state index contributed by atoms with van der Waals surface area (Å²) in [6.45, 7) is 0.640. The van der Waals surface area contributed by atoms with E-state index in [9.17, 15) is 0 Å². The molecule has 2 N–H and O–H groups in total. The van der Waals surface area contributed by atoms with Crippen molar-refractivity contribution >= 4 is 5.69 Å². The normalized spacial score (nSPS) is 10.5. The van der Waals surface area contributed by atoms with Gasteiger partial charge in [0.15, 0.2) is 0 Å². The number of nitrogens with two attached hydrogens (primary N) is 1. The molecule has 0 unspecified atom stereocenters. The lowest BCUT2D eigenvalue weighted by Gasteiger charge is -2.11. The predicted octanol–water partition coefficient (Wildman–Crippen LogP) is 2.58. The number of nitrogen functional groups attached to an aromatic ring is 1. The van der Waals surface area contributed by atoms with Crippen molar-refractivity contribution in [1.82, 2.24) is 14.5 Å². The van der Waals surface area contributed by atoms with Gasteiger partial charge < -0.3 is 15.0 Å². The summed E-state index contributed by atoms with van der Waals surface area (Å²) in [4.78, 5) is 8.64. The van der Waals surface area contributed by atoms with Crippen LogP contribution in [0.4, 0.5) is 5.69 Å². The number of imidazole rings is 1. The van der Waals surface area contributed by atoms with Gasteiger partial charge in [0.05, 0.1) is 13.7 Å². The van der Waals surface area contributed by atoms with Crippen LogP contribution < -0.4 is 10.5 Å². The minimum Gasteiger partial charge on any atom is -0.481 e. The summed E-state index contributed by atoms with van der Waals surface area (Å²) in [6.07, 6.45) is 5.43. The van der Waals surface area contributed by atoms with Crippen LogP contribution in [-0.2, 0) is 6.54 Å². The summed E-state index contributed by atoms with van der Waals surface area (Å²) < 4.78 is 7.34. The quantitative estimate of drug-likeness (QED) is 0.746. The van der Waals surface area contributed by atoms with Crippen molar-refractivity contribution < 1.29 is 4.74 Å². The summed E-state index contributed by atoms with van der Waals surface area (Å²) in [5.41, 5.74) is 8.56. The molecule has 0 aliphatic rings. The van der Waals surface area contributed by atoms with Crippen molar-refractivity contribution in [2.24, 2.45) is 0 Å². The summed E-state index contributed by atoms with van der Waals surface area (Å²) in [7, 11) is 1.62. The van der Waals surface area contributed by atoms with E-state index >= 15 is 0 Å². The fraction of sp³-hybridized carbons (Fsp3) is 0.125. The predicted molar refractivity (Wildman–Crippen MR) is 82.0 cm³/mol. The zero-order valence-corrected chi connectivity index (χ0v) is 11.7. The standard InChI is InChI=1S/C16H16N4O/c1-21-16-13(5-3-7-19-16)11-20-9-8-18-15(20)12-4-2-6-14(17)10-12/h2-10H,11,17H2,1H3. The fourth-order valence-electron chi connectivity index (χ4n) is 2.29. The van der Waals surface area contributed by atoms with Gasteiger partial charge in [0.1, 0.15) is 5.82 Å². The number of rotatable bonds is 4. The Morgan fingerprint density at radius 2 is 2.05 bits per heavy atom. The largest absolute Gasteiger partial charge is 0.481 e. The molecule has 5 heteroatoms. The number of hydrogen-bond acceptors (Lipinski definition) is 4. The minimum atomic E-state index is 0.629. The maximum atomic E-state index is 5.85. The second-order valence-electron chi connectivity index (χ2n) is 4.68. The first-order chi connectivity index (χ1) is 10.3. The van der Waals surface area contributed by atoms with Crippen LogP contribution in [0.2, 0.25) is 0 Å². The molecule has 2 aromatic heterocycles. The van der Waals surface area contributed by atoms with E-state index in [4.69, 9.17) is 10.5 Å². The molecule has 0 spiro atoms. The summed E-state index contributed by atoms with van der Waals surface area (Å²) in [5.74, 6) is 1.50. The number of anilines is 1. The average molecular weight is 280 g/mol. The van der Waals surface area contributed by atoms with Crippen molar-refractivity contribution in [3.05, 3.63) is 60.6 Å². The molecule has 0 aliphatic carbocycles. The number of pyridine rings is 1. The van der Waals surface area contributed by atoms with E-state index in [1.54, 1.807) is 19.5 Å². The van der Waals surface area contributed by atoms with Crippen LogP contribution >= 0.6 is 0 Å². The summed E-state index contributed by atoms with van der Waals surface area (Å²) >= 11 is 0. The number of ether oxygens (including phenoxy) is 1. The molecule has 1 aromatic carbocycles. The fourth-order valence-corrected chi connectivity index (χ4v) is 2.29. The Labute approximate surface area is 123 Å². The summed E-state index contributed by atoms with van der Waals surface area (Å²) in [6, 6.07) is 11.6. The Bertz CT molecular complexity index is 751. The van der Waals surface area contributed by atoms with Crippen molar-refractivity contribution in [3.63, 3.8) is 0 Å². The molecule has 3 rings (SSSR count). The van der Waals surface area contributed by atoms with Gasteiger partial charge in [0.25, 0.3) is 0 Å². The molecule has 0 fully saturated rings. The number of methoxy groups -OCH3 is 1. The minimum absolute atomic E-state index is 0.629. The van der Waals surface area contributed by atoms with Gasteiger partial charge in [-0.2, -0.15) is 0 Å².